The summed E-state index contributed by atoms with van der Waals surface area (Å²) in [5.41, 5.74) is 3.21. The summed E-state index contributed by atoms with van der Waals surface area (Å²) in [4.78, 5) is 22.7. The maximum absolute atomic E-state index is 12.5. The van der Waals surface area contributed by atoms with E-state index < -0.39 is 0 Å². The van der Waals surface area contributed by atoms with Crippen LogP contribution in [0.15, 0.2) is 48.5 Å². The minimum atomic E-state index is 0.0795. The Hall–Kier alpha value is -2.53. The molecule has 0 atom stereocenters. The number of nitrogens with one attached hydrogen (secondary N) is 2. The third kappa shape index (κ3) is 4.25. The average Bonchev–Trinajstić information content (AvgIpc) is 3.14. The van der Waals surface area contributed by atoms with Crippen LogP contribution < -0.4 is 10.2 Å². The van der Waals surface area contributed by atoms with Crippen molar-refractivity contribution in [2.45, 2.75) is 19.3 Å². The zero-order chi connectivity index (χ0) is 18.6. The lowest BCUT2D eigenvalue weighted by atomic mass is 9.96. The first kappa shape index (κ1) is 17.9. The number of carbonyl (C=O) groups excluding carboxylic acids is 1. The van der Waals surface area contributed by atoms with Crippen molar-refractivity contribution in [1.29, 1.82) is 0 Å². The number of rotatable bonds is 5. The van der Waals surface area contributed by atoms with E-state index in [1.54, 1.807) is 0 Å². The van der Waals surface area contributed by atoms with Crippen molar-refractivity contribution < 1.29 is 4.79 Å². The molecule has 1 aliphatic rings. The molecule has 27 heavy (non-hydrogen) atoms. The summed E-state index contributed by atoms with van der Waals surface area (Å²) in [6.07, 6.45) is 2.52. The van der Waals surface area contributed by atoms with Crippen LogP contribution in [0.3, 0.4) is 0 Å². The Balaban J connectivity index is 1.25. The number of halogens is 1. The second-order valence-corrected chi connectivity index (χ2v) is 7.44. The van der Waals surface area contributed by atoms with Gasteiger partial charge in [0.1, 0.15) is 0 Å². The Morgan fingerprint density at radius 2 is 1.89 bits per heavy atom. The largest absolute Gasteiger partial charge is 0.356 e. The fraction of sp³-hybridized carbons (Fsp3) is 0.333. The Bertz CT molecular complexity index is 880. The average molecular weight is 383 g/mol. The number of anilines is 1. The number of piperidine rings is 1. The number of aromatic nitrogens is 2. The smallest absolute Gasteiger partial charge is 0.223 e. The molecule has 1 fully saturated rings. The van der Waals surface area contributed by atoms with Gasteiger partial charge in [-0.2, -0.15) is 0 Å². The van der Waals surface area contributed by atoms with Crippen molar-refractivity contribution in [3.8, 4) is 0 Å². The van der Waals surface area contributed by atoms with Gasteiger partial charge < -0.3 is 15.2 Å². The predicted molar refractivity (Wildman–Crippen MR) is 109 cm³/mol. The molecule has 0 spiro atoms. The van der Waals surface area contributed by atoms with Crippen LogP contribution in [-0.4, -0.2) is 35.5 Å². The predicted octanol–water partition coefficient (Wildman–Crippen LogP) is 3.79. The molecule has 0 radical (unpaired) electrons. The van der Waals surface area contributed by atoms with Gasteiger partial charge in [0.05, 0.1) is 11.0 Å². The molecule has 1 aromatic heterocycles. The van der Waals surface area contributed by atoms with Gasteiger partial charge in [0.15, 0.2) is 0 Å². The molecule has 1 amide bonds. The minimum absolute atomic E-state index is 0.0795. The molecule has 0 unspecified atom stereocenters. The van der Waals surface area contributed by atoms with Gasteiger partial charge in [-0.1, -0.05) is 35.9 Å². The minimum Gasteiger partial charge on any atom is -0.356 e. The van der Waals surface area contributed by atoms with Crippen LogP contribution >= 0.6 is 11.6 Å². The topological polar surface area (TPSA) is 61.0 Å². The normalized spacial score (nSPS) is 15.2. The van der Waals surface area contributed by atoms with Gasteiger partial charge in [-0.15, -0.1) is 0 Å². The molecule has 2 aromatic carbocycles. The van der Waals surface area contributed by atoms with Crippen molar-refractivity contribution >= 4 is 34.5 Å². The number of nitrogens with zero attached hydrogens (tertiary/aromatic N) is 2. The van der Waals surface area contributed by atoms with Gasteiger partial charge in [-0.3, -0.25) is 4.79 Å². The second-order valence-electron chi connectivity index (χ2n) is 7.01. The number of para-hydroxylation sites is 2. The third-order valence-corrected chi connectivity index (χ3v) is 5.42. The van der Waals surface area contributed by atoms with Crippen LogP contribution in [0.2, 0.25) is 5.02 Å². The summed E-state index contributed by atoms with van der Waals surface area (Å²) in [5.74, 6) is 1.14. The molecule has 0 bridgehead atoms. The number of hydrogen-bond donors (Lipinski definition) is 2. The molecule has 1 aliphatic heterocycles. The first-order chi connectivity index (χ1) is 13.2. The number of carbonyl (C=O) groups is 1. The van der Waals surface area contributed by atoms with Gasteiger partial charge in [-0.25, -0.2) is 4.98 Å². The molecule has 3 aromatic rings. The number of aromatic amines is 1. The molecular weight excluding hydrogens is 360 g/mol. The lowest BCUT2D eigenvalue weighted by Gasteiger charge is -2.31. The van der Waals surface area contributed by atoms with Crippen molar-refractivity contribution in [2.75, 3.05) is 24.5 Å². The monoisotopic (exact) mass is 382 g/mol. The zero-order valence-corrected chi connectivity index (χ0v) is 15.9. The number of benzene rings is 2. The summed E-state index contributed by atoms with van der Waals surface area (Å²) in [6, 6.07) is 15.8. The molecule has 1 saturated heterocycles. The van der Waals surface area contributed by atoms with E-state index in [1.165, 1.54) is 5.56 Å². The van der Waals surface area contributed by atoms with E-state index in [-0.39, 0.29) is 11.8 Å². The van der Waals surface area contributed by atoms with Gasteiger partial charge >= 0.3 is 0 Å². The first-order valence-electron chi connectivity index (χ1n) is 9.41. The van der Waals surface area contributed by atoms with Crippen LogP contribution in [0, 0.1) is 5.92 Å². The molecule has 5 nitrogen and oxygen atoms in total. The van der Waals surface area contributed by atoms with E-state index >= 15 is 0 Å². The van der Waals surface area contributed by atoms with Crippen molar-refractivity contribution in [2.24, 2.45) is 5.92 Å². The van der Waals surface area contributed by atoms with E-state index in [9.17, 15) is 4.79 Å². The summed E-state index contributed by atoms with van der Waals surface area (Å²) < 4.78 is 0. The lowest BCUT2D eigenvalue weighted by molar-refractivity contribution is -0.125. The van der Waals surface area contributed by atoms with Crippen molar-refractivity contribution in [3.05, 3.63) is 59.1 Å². The van der Waals surface area contributed by atoms with E-state index in [4.69, 9.17) is 11.6 Å². The van der Waals surface area contributed by atoms with Gasteiger partial charge in [0.2, 0.25) is 11.9 Å². The third-order valence-electron chi connectivity index (χ3n) is 5.17. The quantitative estimate of drug-likeness (QED) is 0.705. The molecule has 4 rings (SSSR count). The molecule has 6 heteroatoms. The van der Waals surface area contributed by atoms with Crippen molar-refractivity contribution in [1.82, 2.24) is 15.3 Å². The summed E-state index contributed by atoms with van der Waals surface area (Å²) in [5, 5.41) is 3.81. The van der Waals surface area contributed by atoms with E-state index in [1.807, 2.05) is 48.5 Å². The van der Waals surface area contributed by atoms with Gasteiger partial charge in [0, 0.05) is 30.6 Å². The molecule has 2 heterocycles. The highest BCUT2D eigenvalue weighted by molar-refractivity contribution is 6.30. The summed E-state index contributed by atoms with van der Waals surface area (Å²) >= 11 is 5.90. The summed E-state index contributed by atoms with van der Waals surface area (Å²) in [7, 11) is 0. The fourth-order valence-electron chi connectivity index (χ4n) is 3.57. The number of hydrogen-bond acceptors (Lipinski definition) is 3. The van der Waals surface area contributed by atoms with Gasteiger partial charge in [-0.05, 0) is 49.1 Å². The van der Waals surface area contributed by atoms with Crippen LogP contribution in [0.5, 0.6) is 0 Å². The number of fused-ring (bicyclic) bond motifs is 1. The molecule has 2 N–H and O–H groups in total. The van der Waals surface area contributed by atoms with Crippen LogP contribution in [0.25, 0.3) is 11.0 Å². The second kappa shape index (κ2) is 8.01. The maximum Gasteiger partial charge on any atom is 0.223 e. The van der Waals surface area contributed by atoms with Crippen LogP contribution in [0.4, 0.5) is 5.95 Å². The van der Waals surface area contributed by atoms with E-state index in [0.29, 0.717) is 6.54 Å². The molecular formula is C21H23ClN4O. The Morgan fingerprint density at radius 3 is 2.63 bits per heavy atom. The Morgan fingerprint density at radius 1 is 1.15 bits per heavy atom. The lowest BCUT2D eigenvalue weighted by Crippen LogP contribution is -2.41. The molecule has 0 aliphatic carbocycles. The number of amides is 1. The SMILES string of the molecule is O=C(NCCc1ccc(Cl)cc1)C1CCN(c2nc3ccccc3[nH]2)CC1. The Kier molecular flexibility index (Phi) is 5.30. The zero-order valence-electron chi connectivity index (χ0n) is 15.1. The highest BCUT2D eigenvalue weighted by Gasteiger charge is 2.26. The van der Waals surface area contributed by atoms with E-state index in [0.717, 1.165) is 54.4 Å². The first-order valence-corrected chi connectivity index (χ1v) is 9.79. The Labute approximate surface area is 163 Å². The molecule has 140 valence electrons. The standard InChI is InChI=1S/C21H23ClN4O/c22-17-7-5-15(6-8-17)9-12-23-20(27)16-10-13-26(14-11-16)21-24-18-3-1-2-4-19(18)25-21/h1-8,16H,9-14H2,(H,23,27)(H,24,25). The number of H-pyrrole nitrogens is 1. The highest BCUT2D eigenvalue weighted by atomic mass is 35.5. The van der Waals surface area contributed by atoms with Gasteiger partial charge in [0.25, 0.3) is 0 Å². The van der Waals surface area contributed by atoms with E-state index in [2.05, 4.69) is 20.2 Å². The van der Waals surface area contributed by atoms with Crippen LogP contribution in [-0.2, 0) is 11.2 Å². The summed E-state index contributed by atoms with van der Waals surface area (Å²) in [6.45, 7) is 2.34. The number of imidazole rings is 1. The molecule has 0 saturated carbocycles. The fourth-order valence-corrected chi connectivity index (χ4v) is 3.69. The van der Waals surface area contributed by atoms with Crippen LogP contribution in [0.1, 0.15) is 18.4 Å². The van der Waals surface area contributed by atoms with Crippen molar-refractivity contribution in [3.63, 3.8) is 0 Å². The maximum atomic E-state index is 12.5. The highest BCUT2D eigenvalue weighted by Crippen LogP contribution is 2.23.